The Hall–Kier alpha value is -0.458. The standard InChI is InChI=1S/C10H12N2.ClH.Cr/c11-6-5-8-7-12-10-4-2-1-3-9(8)10;;/h1-4,7,12H,5-6,11H2;1H;. The summed E-state index contributed by atoms with van der Waals surface area (Å²) < 4.78 is 0. The summed E-state index contributed by atoms with van der Waals surface area (Å²) in [7, 11) is 0. The zero-order chi connectivity index (χ0) is 8.39. The number of aromatic nitrogens is 1. The largest absolute Gasteiger partial charge is 0.361 e. The second-order valence-electron chi connectivity index (χ2n) is 2.90. The summed E-state index contributed by atoms with van der Waals surface area (Å²) in [6, 6.07) is 8.29. The van der Waals surface area contributed by atoms with Crippen LogP contribution in [0.5, 0.6) is 0 Å². The van der Waals surface area contributed by atoms with Crippen molar-refractivity contribution in [1.82, 2.24) is 4.98 Å². The molecule has 76 valence electrons. The molecular weight excluding hydrogens is 236 g/mol. The van der Waals surface area contributed by atoms with E-state index in [2.05, 4.69) is 23.2 Å². The SMILES string of the molecule is Cl.NCCc1c[nH]c2ccccc12.[Cr]. The first-order valence-corrected chi connectivity index (χ1v) is 4.17. The number of hydrogen-bond donors (Lipinski definition) is 2. The fraction of sp³-hybridized carbons (Fsp3) is 0.200. The van der Waals surface area contributed by atoms with Gasteiger partial charge in [0, 0.05) is 34.5 Å². The number of nitrogens with one attached hydrogen (secondary N) is 1. The number of aromatic amines is 1. The van der Waals surface area contributed by atoms with Crippen LogP contribution in [-0.4, -0.2) is 11.5 Å². The van der Waals surface area contributed by atoms with Gasteiger partial charge in [0.1, 0.15) is 0 Å². The minimum Gasteiger partial charge on any atom is -0.361 e. The molecule has 2 rings (SSSR count). The van der Waals surface area contributed by atoms with Crippen LogP contribution in [0.25, 0.3) is 10.9 Å². The predicted octanol–water partition coefficient (Wildman–Crippen LogP) is 2.09. The van der Waals surface area contributed by atoms with Crippen molar-refractivity contribution >= 4 is 23.3 Å². The van der Waals surface area contributed by atoms with Crippen molar-refractivity contribution in [3.8, 4) is 0 Å². The van der Waals surface area contributed by atoms with Crippen LogP contribution in [-0.2, 0) is 23.8 Å². The van der Waals surface area contributed by atoms with Crippen molar-refractivity contribution in [2.75, 3.05) is 6.54 Å². The summed E-state index contributed by atoms with van der Waals surface area (Å²) in [4.78, 5) is 3.22. The van der Waals surface area contributed by atoms with E-state index in [0.29, 0.717) is 6.54 Å². The zero-order valence-electron chi connectivity index (χ0n) is 7.69. The van der Waals surface area contributed by atoms with E-state index in [4.69, 9.17) is 5.73 Å². The normalized spacial score (nSPS) is 9.21. The fourth-order valence-corrected chi connectivity index (χ4v) is 1.49. The average Bonchev–Trinajstić information content (AvgIpc) is 2.50. The molecule has 2 aromatic rings. The van der Waals surface area contributed by atoms with Crippen molar-refractivity contribution in [2.24, 2.45) is 5.73 Å². The summed E-state index contributed by atoms with van der Waals surface area (Å²) in [6.45, 7) is 0.710. The minimum absolute atomic E-state index is 0. The third-order valence-corrected chi connectivity index (χ3v) is 2.09. The molecule has 0 aliphatic heterocycles. The van der Waals surface area contributed by atoms with E-state index >= 15 is 0 Å². The summed E-state index contributed by atoms with van der Waals surface area (Å²) in [6.07, 6.45) is 2.99. The maximum Gasteiger partial charge on any atom is 0.0456 e. The topological polar surface area (TPSA) is 41.8 Å². The van der Waals surface area contributed by atoms with Crippen molar-refractivity contribution in [2.45, 2.75) is 6.42 Å². The van der Waals surface area contributed by atoms with E-state index in [9.17, 15) is 0 Å². The van der Waals surface area contributed by atoms with Crippen molar-refractivity contribution in [3.05, 3.63) is 36.0 Å². The van der Waals surface area contributed by atoms with Crippen LogP contribution in [0.3, 0.4) is 0 Å². The van der Waals surface area contributed by atoms with Crippen LogP contribution in [0.1, 0.15) is 5.56 Å². The molecule has 0 unspecified atom stereocenters. The van der Waals surface area contributed by atoms with Crippen LogP contribution in [0, 0.1) is 0 Å². The first-order chi connectivity index (χ1) is 5.92. The molecule has 0 aliphatic carbocycles. The second kappa shape index (κ2) is 6.11. The average molecular weight is 249 g/mol. The molecule has 1 aromatic heterocycles. The summed E-state index contributed by atoms with van der Waals surface area (Å²) in [5.41, 5.74) is 8.01. The minimum atomic E-state index is 0. The Labute approximate surface area is 100 Å². The monoisotopic (exact) mass is 248 g/mol. The summed E-state index contributed by atoms with van der Waals surface area (Å²) in [5.74, 6) is 0. The van der Waals surface area contributed by atoms with Gasteiger partial charge in [0.25, 0.3) is 0 Å². The summed E-state index contributed by atoms with van der Waals surface area (Å²) in [5, 5.41) is 1.29. The molecule has 0 bridgehead atoms. The van der Waals surface area contributed by atoms with Gasteiger partial charge in [-0.05, 0) is 24.6 Å². The molecule has 1 heterocycles. The number of rotatable bonds is 2. The van der Waals surface area contributed by atoms with E-state index in [-0.39, 0.29) is 29.8 Å². The van der Waals surface area contributed by atoms with Gasteiger partial charge in [-0.2, -0.15) is 0 Å². The maximum atomic E-state index is 5.50. The number of para-hydroxylation sites is 1. The van der Waals surface area contributed by atoms with Gasteiger partial charge in [0.15, 0.2) is 0 Å². The Balaban J connectivity index is 0.000000845. The van der Waals surface area contributed by atoms with Crippen LogP contribution in [0.2, 0.25) is 0 Å². The van der Waals surface area contributed by atoms with E-state index in [1.165, 1.54) is 16.5 Å². The molecule has 4 heteroatoms. The molecule has 0 amide bonds. The quantitative estimate of drug-likeness (QED) is 0.840. The van der Waals surface area contributed by atoms with Gasteiger partial charge in [-0.3, -0.25) is 0 Å². The Kier molecular flexibility index (Phi) is 5.91. The molecule has 0 fully saturated rings. The van der Waals surface area contributed by atoms with E-state index in [1.807, 2.05) is 12.3 Å². The molecule has 0 saturated carbocycles. The van der Waals surface area contributed by atoms with Crippen LogP contribution >= 0.6 is 12.4 Å². The molecule has 1 aromatic carbocycles. The Bertz CT molecular complexity index is 386. The number of halogens is 1. The first kappa shape index (κ1) is 13.5. The smallest absolute Gasteiger partial charge is 0.0456 e. The maximum absolute atomic E-state index is 5.50. The Morgan fingerprint density at radius 3 is 2.64 bits per heavy atom. The van der Waals surface area contributed by atoms with Gasteiger partial charge in [-0.15, -0.1) is 12.4 Å². The summed E-state index contributed by atoms with van der Waals surface area (Å²) >= 11 is 0. The van der Waals surface area contributed by atoms with E-state index in [0.717, 1.165) is 6.42 Å². The number of benzene rings is 1. The molecular formula is C10H13ClCrN2. The molecule has 0 spiro atoms. The van der Waals surface area contributed by atoms with Gasteiger partial charge < -0.3 is 10.7 Å². The molecule has 0 radical (unpaired) electrons. The fourth-order valence-electron chi connectivity index (χ4n) is 1.49. The number of hydrogen-bond acceptors (Lipinski definition) is 1. The molecule has 0 atom stereocenters. The van der Waals surface area contributed by atoms with Crippen LogP contribution in [0.15, 0.2) is 30.5 Å². The van der Waals surface area contributed by atoms with Crippen molar-refractivity contribution in [3.63, 3.8) is 0 Å². The van der Waals surface area contributed by atoms with Crippen LogP contribution in [0.4, 0.5) is 0 Å². The first-order valence-electron chi connectivity index (χ1n) is 4.17. The number of fused-ring (bicyclic) bond motifs is 1. The van der Waals surface area contributed by atoms with Crippen molar-refractivity contribution < 1.29 is 17.4 Å². The zero-order valence-corrected chi connectivity index (χ0v) is 9.79. The second-order valence-corrected chi connectivity index (χ2v) is 2.90. The van der Waals surface area contributed by atoms with Gasteiger partial charge in [0.05, 0.1) is 0 Å². The third-order valence-electron chi connectivity index (χ3n) is 2.09. The van der Waals surface area contributed by atoms with Crippen LogP contribution < -0.4 is 5.73 Å². The number of nitrogens with two attached hydrogens (primary N) is 1. The van der Waals surface area contributed by atoms with Crippen molar-refractivity contribution in [1.29, 1.82) is 0 Å². The van der Waals surface area contributed by atoms with Gasteiger partial charge in [-0.25, -0.2) is 0 Å². The molecule has 0 aliphatic rings. The third kappa shape index (κ3) is 2.52. The Morgan fingerprint density at radius 1 is 1.21 bits per heavy atom. The molecule has 0 saturated heterocycles. The Morgan fingerprint density at radius 2 is 1.93 bits per heavy atom. The predicted molar refractivity (Wildman–Crippen MR) is 58.3 cm³/mol. The molecule has 2 nitrogen and oxygen atoms in total. The van der Waals surface area contributed by atoms with Gasteiger partial charge >= 0.3 is 0 Å². The van der Waals surface area contributed by atoms with Gasteiger partial charge in [-0.1, -0.05) is 18.2 Å². The molecule has 3 N–H and O–H groups in total. The number of H-pyrrole nitrogens is 1. The van der Waals surface area contributed by atoms with Gasteiger partial charge in [0.2, 0.25) is 0 Å². The van der Waals surface area contributed by atoms with E-state index in [1.54, 1.807) is 0 Å². The van der Waals surface area contributed by atoms with E-state index < -0.39 is 0 Å². The molecule has 14 heavy (non-hydrogen) atoms.